The van der Waals surface area contributed by atoms with Crippen molar-refractivity contribution in [2.24, 2.45) is 0 Å². The van der Waals surface area contributed by atoms with Crippen LogP contribution in [0.25, 0.3) is 10.9 Å². The van der Waals surface area contributed by atoms with Crippen molar-refractivity contribution in [1.82, 2.24) is 4.98 Å². The van der Waals surface area contributed by atoms with Crippen molar-refractivity contribution >= 4 is 38.7 Å². The molecular weight excluding hydrogens is 360 g/mol. The molecule has 1 aliphatic rings. The molecule has 0 radical (unpaired) electrons. The van der Waals surface area contributed by atoms with Gasteiger partial charge in [0.05, 0.1) is 12.1 Å². The summed E-state index contributed by atoms with van der Waals surface area (Å²) in [6, 6.07) is 7.75. The second kappa shape index (κ2) is 5.67. The highest BCUT2D eigenvalue weighted by molar-refractivity contribution is 9.10. The van der Waals surface area contributed by atoms with E-state index in [0.29, 0.717) is 18.1 Å². The lowest BCUT2D eigenvalue weighted by Crippen LogP contribution is -2.45. The third kappa shape index (κ3) is 3.42. The summed E-state index contributed by atoms with van der Waals surface area (Å²) in [5.74, 6) is 1.10. The number of halogens is 1. The minimum atomic E-state index is -0.557. The van der Waals surface area contributed by atoms with E-state index in [4.69, 9.17) is 9.47 Å². The number of hydrogen-bond acceptors (Lipinski definition) is 4. The van der Waals surface area contributed by atoms with Crippen LogP contribution in [0.1, 0.15) is 27.7 Å². The summed E-state index contributed by atoms with van der Waals surface area (Å²) in [5.41, 5.74) is 0.239. The number of ether oxygens (including phenoxy) is 2. The van der Waals surface area contributed by atoms with Gasteiger partial charge < -0.3 is 9.47 Å². The van der Waals surface area contributed by atoms with Crippen molar-refractivity contribution in [2.75, 3.05) is 11.4 Å². The van der Waals surface area contributed by atoms with E-state index in [2.05, 4.69) is 20.9 Å². The lowest BCUT2D eigenvalue weighted by molar-refractivity contribution is 0.0550. The van der Waals surface area contributed by atoms with Gasteiger partial charge in [-0.25, -0.2) is 9.78 Å². The quantitative estimate of drug-likeness (QED) is 0.676. The number of anilines is 1. The van der Waals surface area contributed by atoms with Crippen LogP contribution in [0.5, 0.6) is 5.75 Å². The number of hydrogen-bond donors (Lipinski definition) is 0. The summed E-state index contributed by atoms with van der Waals surface area (Å²) >= 11 is 3.45. The van der Waals surface area contributed by atoms with Gasteiger partial charge in [0.25, 0.3) is 0 Å². The molecular formula is C17H19BrN2O3. The van der Waals surface area contributed by atoms with Crippen LogP contribution in [0, 0.1) is 0 Å². The summed E-state index contributed by atoms with van der Waals surface area (Å²) in [4.78, 5) is 18.7. The normalized spacial score (nSPS) is 17.6. The molecule has 1 aliphatic heterocycles. The topological polar surface area (TPSA) is 51.7 Å². The molecule has 3 rings (SSSR count). The Morgan fingerprint density at radius 2 is 2.13 bits per heavy atom. The number of benzene rings is 1. The highest BCUT2D eigenvalue weighted by Crippen LogP contribution is 2.35. The fourth-order valence-electron chi connectivity index (χ4n) is 2.47. The van der Waals surface area contributed by atoms with Gasteiger partial charge in [0.2, 0.25) is 0 Å². The molecule has 0 aliphatic carbocycles. The molecule has 0 saturated carbocycles. The van der Waals surface area contributed by atoms with Gasteiger partial charge in [0.15, 0.2) is 11.6 Å². The Balaban J connectivity index is 2.06. The molecule has 0 saturated heterocycles. The van der Waals surface area contributed by atoms with Gasteiger partial charge >= 0.3 is 6.09 Å². The van der Waals surface area contributed by atoms with Gasteiger partial charge in [-0.15, -0.1) is 0 Å². The predicted octanol–water partition coefficient (Wildman–Crippen LogP) is 4.52. The van der Waals surface area contributed by atoms with Crippen molar-refractivity contribution in [3.63, 3.8) is 0 Å². The second-order valence-electron chi connectivity index (χ2n) is 6.67. The first-order valence-corrected chi connectivity index (χ1v) is 8.30. The maximum absolute atomic E-state index is 12.5. The van der Waals surface area contributed by atoms with Crippen LogP contribution in [0.2, 0.25) is 0 Å². The van der Waals surface area contributed by atoms with Crippen LogP contribution in [-0.2, 0) is 4.74 Å². The van der Waals surface area contributed by atoms with Crippen molar-refractivity contribution in [3.8, 4) is 5.75 Å². The molecule has 1 amide bonds. The monoisotopic (exact) mass is 378 g/mol. The van der Waals surface area contributed by atoms with Crippen molar-refractivity contribution in [2.45, 2.75) is 39.4 Å². The minimum absolute atomic E-state index is 0.121. The lowest BCUT2D eigenvalue weighted by Gasteiger charge is -2.33. The first-order chi connectivity index (χ1) is 10.7. The molecule has 1 atom stereocenters. The first-order valence-electron chi connectivity index (χ1n) is 7.50. The first kappa shape index (κ1) is 16.1. The number of carbonyl (C=O) groups is 1. The molecule has 0 bridgehead atoms. The molecule has 2 aromatic rings. The Bertz CT molecular complexity index is 770. The number of rotatable bonds is 0. The van der Waals surface area contributed by atoms with Gasteiger partial charge in [-0.1, -0.05) is 22.0 Å². The summed E-state index contributed by atoms with van der Waals surface area (Å²) < 4.78 is 12.3. The van der Waals surface area contributed by atoms with Gasteiger partial charge in [-0.2, -0.15) is 0 Å². The van der Waals surface area contributed by atoms with Crippen LogP contribution < -0.4 is 9.64 Å². The molecule has 23 heavy (non-hydrogen) atoms. The number of fused-ring (bicyclic) bond motifs is 2. The summed E-state index contributed by atoms with van der Waals surface area (Å²) in [6.07, 6.45) is -0.527. The van der Waals surface area contributed by atoms with Crippen LogP contribution in [0.4, 0.5) is 10.6 Å². The van der Waals surface area contributed by atoms with E-state index in [1.165, 1.54) is 0 Å². The van der Waals surface area contributed by atoms with E-state index in [1.54, 1.807) is 4.90 Å². The molecule has 6 heteroatoms. The molecule has 5 nitrogen and oxygen atoms in total. The molecule has 0 unspecified atom stereocenters. The maximum atomic E-state index is 12.5. The predicted molar refractivity (Wildman–Crippen MR) is 93.1 cm³/mol. The van der Waals surface area contributed by atoms with Gasteiger partial charge in [-0.05, 0) is 45.9 Å². The fourth-order valence-corrected chi connectivity index (χ4v) is 2.82. The van der Waals surface area contributed by atoms with Crippen LogP contribution in [-0.4, -0.2) is 29.3 Å². The number of nitrogens with zero attached hydrogens (tertiary/aromatic N) is 2. The highest BCUT2D eigenvalue weighted by Gasteiger charge is 2.32. The Hall–Kier alpha value is -1.82. The van der Waals surface area contributed by atoms with E-state index < -0.39 is 11.7 Å². The summed E-state index contributed by atoms with van der Waals surface area (Å²) in [5, 5.41) is 0.963. The number of amides is 1. The standard InChI is InChI=1S/C17H19BrN2O3/c1-10-9-20(16(21)23-17(2,3)4)15-14(22-10)7-11-5-6-12(18)8-13(11)19-15/h5-8,10H,9H2,1-4H3/t10-/m1/s1. The fraction of sp³-hybridized carbons (Fsp3) is 0.412. The van der Waals surface area contributed by atoms with E-state index >= 15 is 0 Å². The summed E-state index contributed by atoms with van der Waals surface area (Å²) in [7, 11) is 0. The average molecular weight is 379 g/mol. The van der Waals surface area contributed by atoms with Gasteiger partial charge in [0.1, 0.15) is 11.7 Å². The Kier molecular flexibility index (Phi) is 3.96. The van der Waals surface area contributed by atoms with Crippen LogP contribution in [0.15, 0.2) is 28.7 Å². The second-order valence-corrected chi connectivity index (χ2v) is 7.58. The molecule has 0 fully saturated rings. The van der Waals surface area contributed by atoms with E-state index in [0.717, 1.165) is 15.4 Å². The zero-order chi connectivity index (χ0) is 16.8. The Morgan fingerprint density at radius 1 is 1.39 bits per heavy atom. The molecule has 2 heterocycles. The van der Waals surface area contributed by atoms with Crippen molar-refractivity contribution in [1.29, 1.82) is 0 Å². The van der Waals surface area contributed by atoms with Crippen LogP contribution in [0.3, 0.4) is 0 Å². The molecule has 0 spiro atoms. The zero-order valence-corrected chi connectivity index (χ0v) is 15.2. The van der Waals surface area contributed by atoms with Crippen molar-refractivity contribution in [3.05, 3.63) is 28.7 Å². The average Bonchev–Trinajstić information content (AvgIpc) is 2.42. The SMILES string of the molecule is C[C@@H]1CN(C(=O)OC(C)(C)C)c2nc3cc(Br)ccc3cc2O1. The van der Waals surface area contributed by atoms with Crippen molar-refractivity contribution < 1.29 is 14.3 Å². The molecule has 1 aromatic carbocycles. The molecule has 1 aromatic heterocycles. The maximum Gasteiger partial charge on any atom is 0.416 e. The Labute approximate surface area is 143 Å². The van der Waals surface area contributed by atoms with E-state index in [1.807, 2.05) is 52.0 Å². The third-order valence-electron chi connectivity index (χ3n) is 3.36. The minimum Gasteiger partial charge on any atom is -0.485 e. The zero-order valence-electron chi connectivity index (χ0n) is 13.6. The summed E-state index contributed by atoms with van der Waals surface area (Å²) in [6.45, 7) is 7.88. The number of carbonyl (C=O) groups excluding carboxylic acids is 1. The van der Waals surface area contributed by atoms with E-state index in [9.17, 15) is 4.79 Å². The number of aromatic nitrogens is 1. The van der Waals surface area contributed by atoms with Crippen LogP contribution >= 0.6 is 15.9 Å². The van der Waals surface area contributed by atoms with Gasteiger partial charge in [-0.3, -0.25) is 4.90 Å². The highest BCUT2D eigenvalue weighted by atomic mass is 79.9. The van der Waals surface area contributed by atoms with Gasteiger partial charge in [0, 0.05) is 9.86 Å². The lowest BCUT2D eigenvalue weighted by atomic mass is 10.2. The Morgan fingerprint density at radius 3 is 2.83 bits per heavy atom. The largest absolute Gasteiger partial charge is 0.485 e. The third-order valence-corrected chi connectivity index (χ3v) is 3.86. The molecule has 122 valence electrons. The number of pyridine rings is 1. The smallest absolute Gasteiger partial charge is 0.416 e. The molecule has 0 N–H and O–H groups in total. The van der Waals surface area contributed by atoms with E-state index in [-0.39, 0.29) is 6.10 Å².